The van der Waals surface area contributed by atoms with Crippen LogP contribution in [0.4, 0.5) is 0 Å². The molecule has 0 bridgehead atoms. The topological polar surface area (TPSA) is 70.7 Å². The number of hydrogen-bond donors (Lipinski definition) is 2. The fraction of sp³-hybridized carbons (Fsp3) is 0.481. The normalized spacial score (nSPS) is 17.4. The van der Waals surface area contributed by atoms with Gasteiger partial charge in [0.05, 0.1) is 7.11 Å². The number of amides is 2. The molecule has 2 atom stereocenters. The molecule has 0 saturated carbocycles. The monoisotopic (exact) mass is 451 g/mol. The second-order valence-electron chi connectivity index (χ2n) is 9.44. The van der Waals surface area contributed by atoms with E-state index in [-0.39, 0.29) is 17.7 Å². The molecule has 1 saturated heterocycles. The Hall–Kier alpha value is -2.86. The molecule has 1 fully saturated rings. The lowest BCUT2D eigenvalue weighted by Gasteiger charge is -2.30. The molecule has 0 aliphatic carbocycles. The van der Waals surface area contributed by atoms with Gasteiger partial charge in [-0.05, 0) is 66.6 Å². The molecule has 6 heteroatoms. The Morgan fingerprint density at radius 3 is 2.33 bits per heavy atom. The maximum absolute atomic E-state index is 12.8. The third-order valence-corrected chi connectivity index (χ3v) is 6.22. The molecule has 2 aromatic carbocycles. The number of carbonyl (C=O) groups is 2. The Morgan fingerprint density at radius 1 is 1.06 bits per heavy atom. The highest BCUT2D eigenvalue weighted by Crippen LogP contribution is 2.18. The predicted octanol–water partition coefficient (Wildman–Crippen LogP) is 4.00. The highest BCUT2D eigenvalue weighted by atomic mass is 16.5. The van der Waals surface area contributed by atoms with Crippen molar-refractivity contribution >= 4 is 11.8 Å². The Morgan fingerprint density at radius 2 is 1.73 bits per heavy atom. The van der Waals surface area contributed by atoms with Gasteiger partial charge in [0.25, 0.3) is 5.91 Å². The first-order valence-corrected chi connectivity index (χ1v) is 11.9. The molecule has 6 nitrogen and oxygen atoms in total. The van der Waals surface area contributed by atoms with E-state index in [0.29, 0.717) is 17.9 Å². The number of nitrogens with one attached hydrogen (secondary N) is 2. The van der Waals surface area contributed by atoms with Crippen LogP contribution in [0.5, 0.6) is 5.75 Å². The average molecular weight is 452 g/mol. The smallest absolute Gasteiger partial charge is 0.251 e. The standard InChI is InChI=1S/C27H37N3O3/c1-19(2)25(29-26(31)23-11-13-24(33-4)14-12-23)27(32)28-16-21-7-9-22(10-8-21)18-30-15-5-6-20(3)17-30/h7-14,19-20,25H,5-6,15-18H2,1-4H3,(H,28,32)(H,29,31). The SMILES string of the molecule is COc1ccc(C(=O)NC(C(=O)NCc2ccc(CN3CCCC(C)C3)cc2)C(C)C)cc1. The van der Waals surface area contributed by atoms with Gasteiger partial charge in [-0.15, -0.1) is 0 Å². The summed E-state index contributed by atoms with van der Waals surface area (Å²) in [5.74, 6) is 0.955. The van der Waals surface area contributed by atoms with Crippen LogP contribution in [0.2, 0.25) is 0 Å². The summed E-state index contributed by atoms with van der Waals surface area (Å²) in [4.78, 5) is 28.0. The van der Waals surface area contributed by atoms with Gasteiger partial charge in [0.15, 0.2) is 0 Å². The van der Waals surface area contributed by atoms with Crippen LogP contribution in [0.3, 0.4) is 0 Å². The largest absolute Gasteiger partial charge is 0.497 e. The Bertz CT molecular complexity index is 909. The second-order valence-corrected chi connectivity index (χ2v) is 9.44. The zero-order chi connectivity index (χ0) is 23.8. The van der Waals surface area contributed by atoms with Crippen molar-refractivity contribution in [3.63, 3.8) is 0 Å². The van der Waals surface area contributed by atoms with E-state index in [1.165, 1.54) is 24.9 Å². The van der Waals surface area contributed by atoms with Crippen LogP contribution in [-0.4, -0.2) is 43.0 Å². The first kappa shape index (κ1) is 24.8. The van der Waals surface area contributed by atoms with Crippen molar-refractivity contribution in [3.8, 4) is 5.75 Å². The average Bonchev–Trinajstić information content (AvgIpc) is 2.81. The summed E-state index contributed by atoms with van der Waals surface area (Å²) in [6, 6.07) is 14.7. The summed E-state index contributed by atoms with van der Waals surface area (Å²) in [5.41, 5.74) is 2.84. The third kappa shape index (κ3) is 7.32. The molecule has 2 N–H and O–H groups in total. The molecule has 2 unspecified atom stereocenters. The molecule has 2 amide bonds. The van der Waals surface area contributed by atoms with Crippen LogP contribution in [-0.2, 0) is 17.9 Å². The summed E-state index contributed by atoms with van der Waals surface area (Å²) in [6.07, 6.45) is 2.60. The van der Waals surface area contributed by atoms with Crippen molar-refractivity contribution in [2.75, 3.05) is 20.2 Å². The Balaban J connectivity index is 1.52. The summed E-state index contributed by atoms with van der Waals surface area (Å²) >= 11 is 0. The molecule has 3 rings (SSSR count). The number of likely N-dealkylation sites (tertiary alicyclic amines) is 1. The lowest BCUT2D eigenvalue weighted by molar-refractivity contribution is -0.124. The minimum atomic E-state index is -0.611. The number of piperidine rings is 1. The number of ether oxygens (including phenoxy) is 1. The van der Waals surface area contributed by atoms with Gasteiger partial charge in [-0.2, -0.15) is 0 Å². The number of hydrogen-bond acceptors (Lipinski definition) is 4. The maximum Gasteiger partial charge on any atom is 0.251 e. The summed E-state index contributed by atoms with van der Waals surface area (Å²) in [6.45, 7) is 9.91. The second kappa shape index (κ2) is 11.8. The van der Waals surface area contributed by atoms with Crippen LogP contribution in [0.15, 0.2) is 48.5 Å². The quantitative estimate of drug-likeness (QED) is 0.605. The first-order chi connectivity index (χ1) is 15.9. The molecule has 0 spiro atoms. The number of benzene rings is 2. The molecule has 1 aliphatic rings. The zero-order valence-corrected chi connectivity index (χ0v) is 20.3. The van der Waals surface area contributed by atoms with Crippen LogP contribution >= 0.6 is 0 Å². The Labute approximate surface area is 197 Å². The third-order valence-electron chi connectivity index (χ3n) is 6.22. The van der Waals surface area contributed by atoms with Crippen molar-refractivity contribution in [1.82, 2.24) is 15.5 Å². The predicted molar refractivity (Wildman–Crippen MR) is 131 cm³/mol. The number of methoxy groups -OCH3 is 1. The molecular formula is C27H37N3O3. The van der Waals surface area contributed by atoms with Gasteiger partial charge in [-0.25, -0.2) is 0 Å². The maximum atomic E-state index is 12.8. The van der Waals surface area contributed by atoms with Gasteiger partial charge in [-0.1, -0.05) is 45.0 Å². The zero-order valence-electron chi connectivity index (χ0n) is 20.3. The van der Waals surface area contributed by atoms with E-state index in [4.69, 9.17) is 4.74 Å². The molecule has 1 heterocycles. The molecule has 178 valence electrons. The lowest BCUT2D eigenvalue weighted by Crippen LogP contribution is -2.49. The molecule has 2 aromatic rings. The van der Waals surface area contributed by atoms with E-state index >= 15 is 0 Å². The van der Waals surface area contributed by atoms with Crippen LogP contribution in [0.1, 0.15) is 55.1 Å². The van der Waals surface area contributed by atoms with Gasteiger partial charge in [0.2, 0.25) is 5.91 Å². The fourth-order valence-electron chi connectivity index (χ4n) is 4.25. The van der Waals surface area contributed by atoms with Crippen LogP contribution in [0, 0.1) is 11.8 Å². The van der Waals surface area contributed by atoms with E-state index in [0.717, 1.165) is 24.6 Å². The van der Waals surface area contributed by atoms with E-state index in [9.17, 15) is 9.59 Å². The molecule has 0 radical (unpaired) electrons. The van der Waals surface area contributed by atoms with Crippen LogP contribution < -0.4 is 15.4 Å². The van der Waals surface area contributed by atoms with Crippen molar-refractivity contribution in [1.29, 1.82) is 0 Å². The van der Waals surface area contributed by atoms with Gasteiger partial charge in [0, 0.05) is 25.2 Å². The first-order valence-electron chi connectivity index (χ1n) is 11.9. The highest BCUT2D eigenvalue weighted by molar-refractivity contribution is 5.97. The van der Waals surface area contributed by atoms with E-state index in [2.05, 4.69) is 46.7 Å². The lowest BCUT2D eigenvalue weighted by atomic mass is 9.99. The highest BCUT2D eigenvalue weighted by Gasteiger charge is 2.24. The van der Waals surface area contributed by atoms with Crippen molar-refractivity contribution in [2.45, 2.75) is 52.7 Å². The van der Waals surface area contributed by atoms with Crippen molar-refractivity contribution in [3.05, 3.63) is 65.2 Å². The van der Waals surface area contributed by atoms with Crippen molar-refractivity contribution < 1.29 is 14.3 Å². The van der Waals surface area contributed by atoms with Gasteiger partial charge in [-0.3, -0.25) is 14.5 Å². The number of rotatable bonds is 9. The molecule has 0 aromatic heterocycles. The summed E-state index contributed by atoms with van der Waals surface area (Å²) < 4.78 is 5.13. The van der Waals surface area contributed by atoms with Gasteiger partial charge in [0.1, 0.15) is 11.8 Å². The molecule has 33 heavy (non-hydrogen) atoms. The van der Waals surface area contributed by atoms with E-state index < -0.39 is 6.04 Å². The van der Waals surface area contributed by atoms with Crippen LogP contribution in [0.25, 0.3) is 0 Å². The van der Waals surface area contributed by atoms with E-state index in [1.807, 2.05) is 13.8 Å². The minimum absolute atomic E-state index is 0.0403. The number of carbonyl (C=O) groups excluding carboxylic acids is 2. The molecule has 1 aliphatic heterocycles. The number of nitrogens with zero attached hydrogens (tertiary/aromatic N) is 1. The Kier molecular flexibility index (Phi) is 8.89. The van der Waals surface area contributed by atoms with Gasteiger partial charge >= 0.3 is 0 Å². The summed E-state index contributed by atoms with van der Waals surface area (Å²) in [5, 5.41) is 5.85. The van der Waals surface area contributed by atoms with Gasteiger partial charge < -0.3 is 15.4 Å². The summed E-state index contributed by atoms with van der Waals surface area (Å²) in [7, 11) is 1.58. The fourth-order valence-corrected chi connectivity index (χ4v) is 4.25. The van der Waals surface area contributed by atoms with Crippen molar-refractivity contribution in [2.24, 2.45) is 11.8 Å². The minimum Gasteiger partial charge on any atom is -0.497 e. The van der Waals surface area contributed by atoms with E-state index in [1.54, 1.807) is 31.4 Å². The molecular weight excluding hydrogens is 414 g/mol.